The van der Waals surface area contributed by atoms with Gasteiger partial charge in [0.15, 0.2) is 5.56 Å². The van der Waals surface area contributed by atoms with Gasteiger partial charge in [-0.15, -0.1) is 0 Å². The maximum absolute atomic E-state index is 12.3. The van der Waals surface area contributed by atoms with Crippen LogP contribution < -0.4 is 0 Å². The fraction of sp³-hybridized carbons (Fsp3) is 0.364. The Morgan fingerprint density at radius 3 is 1.73 bits per heavy atom. The molecule has 116 valence electrons. The van der Waals surface area contributed by atoms with Crippen LogP contribution in [0.4, 0.5) is 17.1 Å². The van der Waals surface area contributed by atoms with E-state index in [9.17, 15) is 35.1 Å². The smallest absolute Gasteiger partial charge is 0.296 e. The summed E-state index contributed by atoms with van der Waals surface area (Å²) < 4.78 is 0. The zero-order valence-corrected chi connectivity index (χ0v) is 11.1. The van der Waals surface area contributed by atoms with Gasteiger partial charge in [-0.3, -0.25) is 35.1 Å². The Morgan fingerprint density at radius 2 is 1.36 bits per heavy atom. The lowest BCUT2D eigenvalue weighted by Crippen LogP contribution is -2.29. The fourth-order valence-corrected chi connectivity index (χ4v) is 2.29. The van der Waals surface area contributed by atoms with E-state index in [4.69, 9.17) is 0 Å². The molecule has 1 amide bonds. The van der Waals surface area contributed by atoms with Crippen LogP contribution in [0.15, 0.2) is 12.1 Å². The monoisotopic (exact) mass is 310 g/mol. The Bertz CT molecular complexity index is 646. The van der Waals surface area contributed by atoms with E-state index in [1.807, 2.05) is 0 Å². The number of amides is 1. The molecular weight excluding hydrogens is 300 g/mol. The molecule has 22 heavy (non-hydrogen) atoms. The molecule has 0 unspecified atom stereocenters. The van der Waals surface area contributed by atoms with Gasteiger partial charge in [-0.2, -0.15) is 0 Å². The SMILES string of the molecule is O=C(c1c([N+](=O)[O-])cc([N+](=O)[O-])cc1[N+](=O)[O-])N1CCCC1. The number of rotatable bonds is 4. The molecule has 0 aromatic heterocycles. The number of carbonyl (C=O) groups excluding carboxylic acids is 1. The third kappa shape index (κ3) is 2.68. The Balaban J connectivity index is 2.67. The number of nitrogens with zero attached hydrogens (tertiary/aromatic N) is 4. The zero-order valence-electron chi connectivity index (χ0n) is 11.1. The highest BCUT2D eigenvalue weighted by Gasteiger charge is 2.37. The Morgan fingerprint density at radius 1 is 0.909 bits per heavy atom. The summed E-state index contributed by atoms with van der Waals surface area (Å²) in [5.41, 5.74) is -3.39. The first-order valence-electron chi connectivity index (χ1n) is 6.23. The summed E-state index contributed by atoms with van der Waals surface area (Å²) in [5.74, 6) is -0.856. The minimum atomic E-state index is -1.02. The first-order chi connectivity index (χ1) is 10.3. The molecule has 0 bridgehead atoms. The van der Waals surface area contributed by atoms with E-state index in [2.05, 4.69) is 0 Å². The van der Waals surface area contributed by atoms with Crippen molar-refractivity contribution in [2.45, 2.75) is 12.8 Å². The second-order valence-electron chi connectivity index (χ2n) is 4.63. The van der Waals surface area contributed by atoms with Crippen LogP contribution in [-0.2, 0) is 0 Å². The van der Waals surface area contributed by atoms with Gasteiger partial charge in [-0.1, -0.05) is 0 Å². The number of hydrogen-bond donors (Lipinski definition) is 0. The highest BCUT2D eigenvalue weighted by Crippen LogP contribution is 2.35. The van der Waals surface area contributed by atoms with Crippen LogP contribution in [0.2, 0.25) is 0 Å². The second kappa shape index (κ2) is 5.71. The van der Waals surface area contributed by atoms with Gasteiger partial charge in [0.1, 0.15) is 0 Å². The molecule has 1 aromatic carbocycles. The molecule has 0 aliphatic carbocycles. The predicted molar refractivity (Wildman–Crippen MR) is 71.5 cm³/mol. The number of nitro benzene ring substituents is 3. The van der Waals surface area contributed by atoms with Gasteiger partial charge in [0.2, 0.25) is 0 Å². The van der Waals surface area contributed by atoms with Crippen molar-refractivity contribution < 1.29 is 19.6 Å². The van der Waals surface area contributed by atoms with Crippen LogP contribution in [0.5, 0.6) is 0 Å². The molecular formula is C11H10N4O7. The first kappa shape index (κ1) is 15.3. The lowest BCUT2D eigenvalue weighted by Gasteiger charge is -2.15. The largest absolute Gasteiger partial charge is 0.338 e. The highest BCUT2D eigenvalue weighted by molar-refractivity contribution is 6.02. The van der Waals surface area contributed by atoms with Gasteiger partial charge < -0.3 is 4.90 Å². The number of benzene rings is 1. The van der Waals surface area contributed by atoms with Crippen molar-refractivity contribution in [2.24, 2.45) is 0 Å². The van der Waals surface area contributed by atoms with Crippen molar-refractivity contribution in [1.29, 1.82) is 0 Å². The van der Waals surface area contributed by atoms with Crippen molar-refractivity contribution in [3.05, 3.63) is 48.0 Å². The third-order valence-corrected chi connectivity index (χ3v) is 3.29. The van der Waals surface area contributed by atoms with Crippen molar-refractivity contribution in [1.82, 2.24) is 4.90 Å². The average molecular weight is 310 g/mol. The van der Waals surface area contributed by atoms with E-state index >= 15 is 0 Å². The van der Waals surface area contributed by atoms with Crippen LogP contribution in [-0.4, -0.2) is 38.7 Å². The van der Waals surface area contributed by atoms with Gasteiger partial charge in [0.05, 0.1) is 26.9 Å². The van der Waals surface area contributed by atoms with Gasteiger partial charge >= 0.3 is 0 Å². The Hall–Kier alpha value is -3.11. The standard InChI is InChI=1S/C11H10N4O7/c16-11(12-3-1-2-4-12)10-8(14(19)20)5-7(13(17)18)6-9(10)15(21)22/h5-6H,1-4H2. The van der Waals surface area contributed by atoms with Gasteiger partial charge in [-0.25, -0.2) is 0 Å². The van der Waals surface area contributed by atoms with Crippen LogP contribution in [0, 0.1) is 30.3 Å². The topological polar surface area (TPSA) is 150 Å². The third-order valence-electron chi connectivity index (χ3n) is 3.29. The van der Waals surface area contributed by atoms with E-state index in [-0.39, 0.29) is 0 Å². The number of carbonyl (C=O) groups is 1. The summed E-state index contributed by atoms with van der Waals surface area (Å²) in [5, 5.41) is 32.9. The van der Waals surface area contributed by atoms with Crippen molar-refractivity contribution >= 4 is 23.0 Å². The first-order valence-corrected chi connectivity index (χ1v) is 6.23. The molecule has 11 nitrogen and oxygen atoms in total. The molecule has 11 heteroatoms. The summed E-state index contributed by atoms with van der Waals surface area (Å²) in [6.45, 7) is 0.675. The quantitative estimate of drug-likeness (QED) is 0.605. The molecule has 0 atom stereocenters. The molecule has 1 aliphatic rings. The van der Waals surface area contributed by atoms with Crippen LogP contribution in [0.3, 0.4) is 0 Å². The lowest BCUT2D eigenvalue weighted by atomic mass is 10.1. The molecule has 1 aromatic rings. The molecule has 0 radical (unpaired) electrons. The zero-order chi connectivity index (χ0) is 16.4. The molecule has 0 spiro atoms. The second-order valence-corrected chi connectivity index (χ2v) is 4.63. The fourth-order valence-electron chi connectivity index (χ4n) is 2.29. The summed E-state index contributed by atoms with van der Waals surface area (Å²) in [7, 11) is 0. The van der Waals surface area contributed by atoms with Crippen molar-refractivity contribution in [3.8, 4) is 0 Å². The predicted octanol–water partition coefficient (Wildman–Crippen LogP) is 1.65. The molecule has 0 saturated carbocycles. The van der Waals surface area contributed by atoms with E-state index in [0.29, 0.717) is 38.1 Å². The lowest BCUT2D eigenvalue weighted by molar-refractivity contribution is -0.403. The van der Waals surface area contributed by atoms with Crippen molar-refractivity contribution in [2.75, 3.05) is 13.1 Å². The van der Waals surface area contributed by atoms with E-state index in [1.165, 1.54) is 4.90 Å². The molecule has 1 saturated heterocycles. The Labute approximate surface area is 122 Å². The number of non-ortho nitro benzene ring substituents is 1. The van der Waals surface area contributed by atoms with E-state index in [0.717, 1.165) is 0 Å². The summed E-state index contributed by atoms with van der Waals surface area (Å²) >= 11 is 0. The van der Waals surface area contributed by atoms with Crippen LogP contribution in [0.1, 0.15) is 23.2 Å². The molecule has 1 fully saturated rings. The molecule has 1 aliphatic heterocycles. The normalized spacial score (nSPS) is 13.9. The maximum Gasteiger partial charge on any atom is 0.296 e. The summed E-state index contributed by atoms with van der Waals surface area (Å²) in [6, 6.07) is 1.13. The molecule has 2 rings (SSSR count). The van der Waals surface area contributed by atoms with Crippen LogP contribution >= 0.6 is 0 Å². The van der Waals surface area contributed by atoms with Gasteiger partial charge in [0.25, 0.3) is 23.0 Å². The maximum atomic E-state index is 12.3. The minimum Gasteiger partial charge on any atom is -0.338 e. The summed E-state index contributed by atoms with van der Waals surface area (Å²) in [6.07, 6.45) is 1.39. The minimum absolute atomic E-state index is 0.337. The average Bonchev–Trinajstić information content (AvgIpc) is 2.98. The molecule has 0 N–H and O–H groups in total. The van der Waals surface area contributed by atoms with E-state index in [1.54, 1.807) is 0 Å². The van der Waals surface area contributed by atoms with Gasteiger partial charge in [0, 0.05) is 13.1 Å². The number of nitro groups is 3. The highest BCUT2D eigenvalue weighted by atomic mass is 16.6. The van der Waals surface area contributed by atoms with E-state index < -0.39 is 43.3 Å². The number of hydrogen-bond acceptors (Lipinski definition) is 7. The van der Waals surface area contributed by atoms with Crippen LogP contribution in [0.25, 0.3) is 0 Å². The summed E-state index contributed by atoms with van der Waals surface area (Å²) in [4.78, 5) is 43.5. The molecule has 1 heterocycles. The number of likely N-dealkylation sites (tertiary alicyclic amines) is 1. The van der Waals surface area contributed by atoms with Gasteiger partial charge in [-0.05, 0) is 12.8 Å². The Kier molecular flexibility index (Phi) is 3.97. The van der Waals surface area contributed by atoms with Crippen molar-refractivity contribution in [3.63, 3.8) is 0 Å².